The van der Waals surface area contributed by atoms with E-state index in [1.165, 1.54) is 16.4 Å². The van der Waals surface area contributed by atoms with Gasteiger partial charge >= 0.3 is 6.18 Å². The van der Waals surface area contributed by atoms with E-state index in [2.05, 4.69) is 10.2 Å². The molecule has 0 unspecified atom stereocenters. The SMILES string of the molecule is CC(C)CS(=O)(=O)N1Cc2[nH]nc(C(=O)N3CCC(c4ccccc4C(F)(F)F)CC3)c2C1. The van der Waals surface area contributed by atoms with Crippen molar-refractivity contribution < 1.29 is 26.4 Å². The van der Waals surface area contributed by atoms with Crippen molar-refractivity contribution in [3.05, 3.63) is 52.3 Å². The maximum Gasteiger partial charge on any atom is 0.416 e. The number of amides is 1. The number of aromatic amines is 1. The Labute approximate surface area is 191 Å². The number of hydrogen-bond acceptors (Lipinski definition) is 4. The summed E-state index contributed by atoms with van der Waals surface area (Å²) in [6.45, 7) is 4.54. The smallest absolute Gasteiger partial charge is 0.337 e. The number of piperidine rings is 1. The number of likely N-dealkylation sites (tertiary alicyclic amines) is 1. The molecule has 1 fully saturated rings. The molecular weight excluding hydrogens is 457 g/mol. The number of carbonyl (C=O) groups excluding carboxylic acids is 1. The van der Waals surface area contributed by atoms with E-state index < -0.39 is 21.8 Å². The summed E-state index contributed by atoms with van der Waals surface area (Å²) in [5.41, 5.74) is 1.03. The highest BCUT2D eigenvalue weighted by molar-refractivity contribution is 7.89. The number of nitrogens with zero attached hydrogens (tertiary/aromatic N) is 3. The predicted molar refractivity (Wildman–Crippen MR) is 116 cm³/mol. The molecule has 1 amide bonds. The van der Waals surface area contributed by atoms with Crippen molar-refractivity contribution in [1.82, 2.24) is 19.4 Å². The van der Waals surface area contributed by atoms with Crippen LogP contribution in [-0.2, 0) is 29.3 Å². The van der Waals surface area contributed by atoms with Gasteiger partial charge in [-0.15, -0.1) is 0 Å². The van der Waals surface area contributed by atoms with Gasteiger partial charge in [0.1, 0.15) is 0 Å². The molecule has 33 heavy (non-hydrogen) atoms. The van der Waals surface area contributed by atoms with Crippen LogP contribution in [0.15, 0.2) is 24.3 Å². The molecule has 0 spiro atoms. The molecule has 1 saturated heterocycles. The minimum absolute atomic E-state index is 0.0167. The Kier molecular flexibility index (Phi) is 6.30. The predicted octanol–water partition coefficient (Wildman–Crippen LogP) is 3.75. The zero-order valence-electron chi connectivity index (χ0n) is 18.5. The molecule has 180 valence electrons. The van der Waals surface area contributed by atoms with Gasteiger partial charge in [-0.2, -0.15) is 22.6 Å². The van der Waals surface area contributed by atoms with Crippen LogP contribution in [0.3, 0.4) is 0 Å². The zero-order chi connectivity index (χ0) is 24.0. The first-order chi connectivity index (χ1) is 15.5. The van der Waals surface area contributed by atoms with Gasteiger partial charge in [-0.3, -0.25) is 9.89 Å². The number of hydrogen-bond donors (Lipinski definition) is 1. The van der Waals surface area contributed by atoms with Crippen LogP contribution in [0.4, 0.5) is 13.2 Å². The average Bonchev–Trinajstić information content (AvgIpc) is 3.33. The number of carbonyl (C=O) groups is 1. The third-order valence-corrected chi connectivity index (χ3v) is 8.38. The zero-order valence-corrected chi connectivity index (χ0v) is 19.3. The third-order valence-electron chi connectivity index (χ3n) is 6.25. The number of benzene rings is 1. The van der Waals surface area contributed by atoms with Crippen LogP contribution in [-0.4, -0.2) is 52.6 Å². The first-order valence-corrected chi connectivity index (χ1v) is 12.6. The summed E-state index contributed by atoms with van der Waals surface area (Å²) in [5, 5.41) is 6.92. The van der Waals surface area contributed by atoms with Gasteiger partial charge in [-0.05, 0) is 36.3 Å². The van der Waals surface area contributed by atoms with Crippen LogP contribution < -0.4 is 0 Å². The fourth-order valence-electron chi connectivity index (χ4n) is 4.67. The largest absolute Gasteiger partial charge is 0.416 e. The van der Waals surface area contributed by atoms with E-state index in [1.807, 2.05) is 13.8 Å². The van der Waals surface area contributed by atoms with E-state index in [-0.39, 0.29) is 47.8 Å². The number of H-pyrrole nitrogens is 1. The van der Waals surface area contributed by atoms with Crippen LogP contribution in [0.25, 0.3) is 0 Å². The summed E-state index contributed by atoms with van der Waals surface area (Å²) in [5.74, 6) is -0.593. The molecule has 4 rings (SSSR count). The van der Waals surface area contributed by atoms with Gasteiger partial charge in [0, 0.05) is 25.2 Å². The van der Waals surface area contributed by atoms with Crippen molar-refractivity contribution in [3.63, 3.8) is 0 Å². The summed E-state index contributed by atoms with van der Waals surface area (Å²) >= 11 is 0. The number of nitrogens with one attached hydrogen (secondary N) is 1. The summed E-state index contributed by atoms with van der Waals surface area (Å²) in [6, 6.07) is 5.60. The molecule has 2 aliphatic rings. The molecule has 3 heterocycles. The molecule has 0 radical (unpaired) electrons. The number of rotatable bonds is 5. The number of fused-ring (bicyclic) bond motifs is 1. The highest BCUT2D eigenvalue weighted by Gasteiger charge is 2.38. The van der Waals surface area contributed by atoms with Gasteiger partial charge < -0.3 is 4.90 Å². The monoisotopic (exact) mass is 484 g/mol. The van der Waals surface area contributed by atoms with E-state index in [1.54, 1.807) is 11.0 Å². The van der Waals surface area contributed by atoms with Gasteiger partial charge in [0.25, 0.3) is 5.91 Å². The lowest BCUT2D eigenvalue weighted by molar-refractivity contribution is -0.138. The number of halogens is 3. The molecule has 0 aliphatic carbocycles. The molecule has 0 saturated carbocycles. The molecule has 1 aromatic carbocycles. The Morgan fingerprint density at radius 2 is 1.85 bits per heavy atom. The Hall–Kier alpha value is -2.40. The quantitative estimate of drug-likeness (QED) is 0.701. The molecule has 2 aliphatic heterocycles. The molecule has 0 atom stereocenters. The Bertz CT molecular complexity index is 1140. The van der Waals surface area contributed by atoms with E-state index in [4.69, 9.17) is 0 Å². The van der Waals surface area contributed by atoms with Crippen molar-refractivity contribution in [2.75, 3.05) is 18.8 Å². The summed E-state index contributed by atoms with van der Waals surface area (Å²) < 4.78 is 66.7. The van der Waals surface area contributed by atoms with Crippen LogP contribution in [0.1, 0.15) is 65.5 Å². The second kappa shape index (κ2) is 8.75. The topological polar surface area (TPSA) is 86.4 Å². The fraction of sp³-hybridized carbons (Fsp3) is 0.545. The lowest BCUT2D eigenvalue weighted by Crippen LogP contribution is -2.39. The summed E-state index contributed by atoms with van der Waals surface area (Å²) in [4.78, 5) is 14.7. The van der Waals surface area contributed by atoms with Gasteiger partial charge in [-0.25, -0.2) is 8.42 Å². The lowest BCUT2D eigenvalue weighted by atomic mass is 9.86. The van der Waals surface area contributed by atoms with Crippen molar-refractivity contribution in [1.29, 1.82) is 0 Å². The molecular formula is C22H27F3N4O3S. The second-order valence-corrected chi connectivity index (χ2v) is 11.1. The van der Waals surface area contributed by atoms with Crippen molar-refractivity contribution >= 4 is 15.9 Å². The maximum absolute atomic E-state index is 13.4. The van der Waals surface area contributed by atoms with Crippen molar-refractivity contribution in [3.8, 4) is 0 Å². The molecule has 1 N–H and O–H groups in total. The molecule has 11 heteroatoms. The van der Waals surface area contributed by atoms with Crippen LogP contribution in [0, 0.1) is 5.92 Å². The van der Waals surface area contributed by atoms with Crippen LogP contribution >= 0.6 is 0 Å². The van der Waals surface area contributed by atoms with Gasteiger partial charge in [0.15, 0.2) is 5.69 Å². The second-order valence-electron chi connectivity index (χ2n) is 9.12. The van der Waals surface area contributed by atoms with Crippen molar-refractivity contribution in [2.45, 2.75) is 51.9 Å². The standard InChI is InChI=1S/C22H27F3N4O3S/c1-14(2)13-33(31,32)29-11-17-19(12-29)26-27-20(17)21(30)28-9-7-15(8-10-28)16-5-3-4-6-18(16)22(23,24)25/h3-6,14-15H,7-13H2,1-2H3,(H,26,27). The van der Waals surface area contributed by atoms with Gasteiger partial charge in [-0.1, -0.05) is 32.0 Å². The van der Waals surface area contributed by atoms with E-state index in [0.29, 0.717) is 37.2 Å². The summed E-state index contributed by atoms with van der Waals surface area (Å²) in [6.07, 6.45) is -3.58. The first kappa shape index (κ1) is 23.7. The minimum atomic E-state index is -4.42. The molecule has 2 aromatic rings. The minimum Gasteiger partial charge on any atom is -0.337 e. The molecule has 1 aromatic heterocycles. The van der Waals surface area contributed by atoms with E-state index in [9.17, 15) is 26.4 Å². The van der Waals surface area contributed by atoms with Crippen LogP contribution in [0.5, 0.6) is 0 Å². The molecule has 0 bridgehead atoms. The van der Waals surface area contributed by atoms with E-state index in [0.717, 1.165) is 6.07 Å². The highest BCUT2D eigenvalue weighted by Crippen LogP contribution is 2.39. The lowest BCUT2D eigenvalue weighted by Gasteiger charge is -2.33. The normalized spacial score (nSPS) is 18.2. The third kappa shape index (κ3) is 4.79. The number of aromatic nitrogens is 2. The molecule has 7 nitrogen and oxygen atoms in total. The highest BCUT2D eigenvalue weighted by atomic mass is 32.2. The number of alkyl halides is 3. The Morgan fingerprint density at radius 3 is 2.48 bits per heavy atom. The maximum atomic E-state index is 13.4. The average molecular weight is 485 g/mol. The van der Waals surface area contributed by atoms with Crippen LogP contribution in [0.2, 0.25) is 0 Å². The summed E-state index contributed by atoms with van der Waals surface area (Å²) in [7, 11) is -3.45. The van der Waals surface area contributed by atoms with Crippen molar-refractivity contribution in [2.24, 2.45) is 5.92 Å². The Balaban J connectivity index is 1.44. The van der Waals surface area contributed by atoms with Gasteiger partial charge in [0.2, 0.25) is 10.0 Å². The van der Waals surface area contributed by atoms with Gasteiger partial charge in [0.05, 0.1) is 23.6 Å². The number of sulfonamides is 1. The van der Waals surface area contributed by atoms with E-state index >= 15 is 0 Å². The fourth-order valence-corrected chi connectivity index (χ4v) is 6.37. The Morgan fingerprint density at radius 1 is 1.18 bits per heavy atom. The first-order valence-electron chi connectivity index (χ1n) is 11.0.